The molecule has 22 aromatic carbocycles. The predicted octanol–water partition coefficient (Wildman–Crippen LogP) is 33.5. The summed E-state index contributed by atoms with van der Waals surface area (Å²) in [4.78, 5) is 45.5. The monoisotopic (exact) mass is 1860 g/mol. The Morgan fingerprint density at radius 1 is 0.116 bits per heavy atom. The van der Waals surface area contributed by atoms with Crippen LogP contribution in [0.1, 0.15) is 44.5 Å². The van der Waals surface area contributed by atoms with Crippen LogP contribution in [0.3, 0.4) is 0 Å². The highest BCUT2D eigenvalue weighted by Crippen LogP contribution is 2.60. The first-order valence-electron chi connectivity index (χ1n) is 49.5. The summed E-state index contributed by atoms with van der Waals surface area (Å²) in [5, 5.41) is 7.43. The van der Waals surface area contributed by atoms with Gasteiger partial charge in [-0.05, 0) is 150 Å². The Morgan fingerprint density at radius 2 is 0.349 bits per heavy atom. The fourth-order valence-electron chi connectivity index (χ4n) is 21.7. The van der Waals surface area contributed by atoms with Crippen LogP contribution in [-0.4, -0.2) is 44.9 Å². The van der Waals surface area contributed by atoms with Gasteiger partial charge < -0.3 is 0 Å². The third-order valence-corrected chi connectivity index (χ3v) is 28.4. The SMILES string of the molecule is c1ccc(-c2ccc(-c3nc(-c4ccccc4)nc(-c4ccc5c(c4)C(c4ccccc4)(c4ccccc4)c4ccccc4-5)n3)cc2)cc1.c1ccc(-c2ccc(-c3nc(-c4ccccc4)nc(-c4cccc5c4-c4ccccc4C5(c4ccccc4)c4ccccc4)n3)cc2)cc1.c1ccc(-c2nc(-c3ccccc3)nc(-c3ccc(-c4c5ccccc5c(-c5cccc6ccccc56)c5ccccc45)cc3)n2)cc1. The van der Waals surface area contributed by atoms with Gasteiger partial charge in [0.15, 0.2) is 52.4 Å². The first-order chi connectivity index (χ1) is 72.4. The van der Waals surface area contributed by atoms with Crippen molar-refractivity contribution in [1.82, 2.24) is 44.9 Å². The number of nitrogens with zero attached hydrogens (tertiary/aromatic N) is 9. The second kappa shape index (κ2) is 38.7. The molecule has 9 nitrogen and oxygen atoms in total. The zero-order valence-electron chi connectivity index (χ0n) is 79.6. The van der Waals surface area contributed by atoms with E-state index in [1.807, 2.05) is 109 Å². The number of benzene rings is 22. The molecule has 0 amide bonds. The van der Waals surface area contributed by atoms with Crippen LogP contribution in [0.2, 0.25) is 0 Å². The Bertz CT molecular complexity index is 8810. The topological polar surface area (TPSA) is 116 Å². The Hall–Kier alpha value is -19.4. The lowest BCUT2D eigenvalue weighted by atomic mass is 9.67. The van der Waals surface area contributed by atoms with Crippen molar-refractivity contribution in [3.05, 3.63) is 597 Å². The summed E-state index contributed by atoms with van der Waals surface area (Å²) in [6.07, 6.45) is 0. The van der Waals surface area contributed by atoms with E-state index in [9.17, 15) is 0 Å². The minimum atomic E-state index is -0.504. The quantitative estimate of drug-likeness (QED) is 0.0822. The van der Waals surface area contributed by atoms with Crippen molar-refractivity contribution < 1.29 is 0 Å². The molecule has 0 saturated carbocycles. The number of hydrogen-bond acceptors (Lipinski definition) is 9. The average molecular weight is 1860 g/mol. The maximum absolute atomic E-state index is 5.22. The molecule has 0 aliphatic heterocycles. The van der Waals surface area contributed by atoms with Gasteiger partial charge in [-0.25, -0.2) is 44.9 Å². The van der Waals surface area contributed by atoms with Crippen molar-refractivity contribution in [3.63, 3.8) is 0 Å². The van der Waals surface area contributed by atoms with Crippen molar-refractivity contribution in [2.45, 2.75) is 10.8 Å². The molecule has 2 aliphatic rings. The molecule has 0 fully saturated rings. The van der Waals surface area contributed by atoms with E-state index in [4.69, 9.17) is 44.9 Å². The van der Waals surface area contributed by atoms with Gasteiger partial charge in [-0.15, -0.1) is 0 Å². The molecule has 0 saturated heterocycles. The van der Waals surface area contributed by atoms with Gasteiger partial charge in [-0.2, -0.15) is 0 Å². The molecular formula is C137H91N9. The van der Waals surface area contributed by atoms with Crippen LogP contribution in [0, 0.1) is 0 Å². The van der Waals surface area contributed by atoms with Gasteiger partial charge in [0.25, 0.3) is 0 Å². The molecule has 25 aromatic rings. The number of hydrogen-bond donors (Lipinski definition) is 0. The summed E-state index contributed by atoms with van der Waals surface area (Å²) in [6.45, 7) is 0. The Labute approximate surface area is 847 Å². The van der Waals surface area contributed by atoms with Crippen molar-refractivity contribution in [1.29, 1.82) is 0 Å². The summed E-state index contributed by atoms with van der Waals surface area (Å²) in [5.74, 6) is 5.84. The molecule has 0 bridgehead atoms. The zero-order chi connectivity index (χ0) is 97.1. The van der Waals surface area contributed by atoms with Gasteiger partial charge in [0.1, 0.15) is 0 Å². The summed E-state index contributed by atoms with van der Waals surface area (Å²) in [6, 6.07) is 194. The summed E-state index contributed by atoms with van der Waals surface area (Å²) in [7, 11) is 0. The van der Waals surface area contributed by atoms with Crippen LogP contribution >= 0.6 is 0 Å². The van der Waals surface area contributed by atoms with E-state index in [1.54, 1.807) is 0 Å². The van der Waals surface area contributed by atoms with Crippen molar-refractivity contribution in [3.8, 4) is 169 Å². The van der Waals surface area contributed by atoms with Gasteiger partial charge in [-0.3, -0.25) is 0 Å². The normalized spacial score (nSPS) is 12.2. The molecule has 3 heterocycles. The molecule has 3 aromatic heterocycles. The third-order valence-electron chi connectivity index (χ3n) is 28.4. The average Bonchev–Trinajstić information content (AvgIpc) is 1.53. The molecule has 0 spiro atoms. The number of aromatic nitrogens is 9. The van der Waals surface area contributed by atoms with E-state index < -0.39 is 10.8 Å². The number of rotatable bonds is 17. The molecule has 146 heavy (non-hydrogen) atoms. The summed E-state index contributed by atoms with van der Waals surface area (Å²) in [5.41, 5.74) is 31.8. The minimum Gasteiger partial charge on any atom is -0.208 e. The van der Waals surface area contributed by atoms with Crippen LogP contribution in [-0.2, 0) is 10.8 Å². The lowest BCUT2D eigenvalue weighted by molar-refractivity contribution is 0.768. The van der Waals surface area contributed by atoms with Crippen molar-refractivity contribution in [2.24, 2.45) is 0 Å². The zero-order valence-corrected chi connectivity index (χ0v) is 79.6. The fraction of sp³-hybridized carbons (Fsp3) is 0.0146. The highest BCUT2D eigenvalue weighted by atomic mass is 15.1. The standard InChI is InChI=1S/2C46H31N3.C45H29N3/c1-5-16-32(17-6-1)33-28-30-35(31-29-33)44-47-43(34-18-7-2-8-19-34)48-45(49-44)39-25-15-27-41-42(39)38-24-13-14-26-40(38)46(41,36-20-9-3-10-21-36)37-22-11-4-12-23-37;1-5-15-32(16-6-1)33-25-27-35(28-26-33)44-47-43(34-17-7-2-8-18-34)48-45(49-44)36-29-30-40-39-23-13-14-24-41(39)46(42(40)31-36,37-19-9-3-10-20-37)38-21-11-4-12-22-38;1-3-15-32(16-4-1)43-46-44(33-17-5-2-6-18-33)48-45(47-43)34-28-26-31(27-29-34)41-37-21-9-11-23-39(37)42(40-24-12-10-22-38(40)41)36-25-13-19-30-14-7-8-20-35(30)36/h2*1-31H;1-29H. The van der Waals surface area contributed by atoms with E-state index in [2.05, 4.69) is 443 Å². The smallest absolute Gasteiger partial charge is 0.164 e. The van der Waals surface area contributed by atoms with Crippen molar-refractivity contribution in [2.75, 3.05) is 0 Å². The highest BCUT2D eigenvalue weighted by molar-refractivity contribution is 6.23. The van der Waals surface area contributed by atoms with Crippen LogP contribution in [0.25, 0.3) is 202 Å². The van der Waals surface area contributed by atoms with E-state index in [1.165, 1.54) is 121 Å². The molecule has 2 aliphatic carbocycles. The second-order valence-electron chi connectivity index (χ2n) is 36.8. The van der Waals surface area contributed by atoms with Gasteiger partial charge in [0.05, 0.1) is 10.8 Å². The van der Waals surface area contributed by atoms with E-state index in [-0.39, 0.29) is 0 Å². The first-order valence-corrected chi connectivity index (χ1v) is 49.5. The molecule has 27 rings (SSSR count). The van der Waals surface area contributed by atoms with Crippen LogP contribution < -0.4 is 0 Å². The lowest BCUT2D eigenvalue weighted by Crippen LogP contribution is -2.28. The second-order valence-corrected chi connectivity index (χ2v) is 36.8. The lowest BCUT2D eigenvalue weighted by Gasteiger charge is -2.34. The first kappa shape index (κ1) is 88.1. The molecule has 0 radical (unpaired) electrons. The highest BCUT2D eigenvalue weighted by Gasteiger charge is 2.49. The fourth-order valence-corrected chi connectivity index (χ4v) is 21.7. The van der Waals surface area contributed by atoms with Gasteiger partial charge in [0.2, 0.25) is 0 Å². The van der Waals surface area contributed by atoms with Gasteiger partial charge in [-0.1, -0.05) is 546 Å². The predicted molar refractivity (Wildman–Crippen MR) is 597 cm³/mol. The third kappa shape index (κ3) is 16.2. The van der Waals surface area contributed by atoms with Gasteiger partial charge >= 0.3 is 0 Å². The van der Waals surface area contributed by atoms with Crippen LogP contribution in [0.4, 0.5) is 0 Å². The molecule has 684 valence electrons. The Morgan fingerprint density at radius 3 is 0.747 bits per heavy atom. The van der Waals surface area contributed by atoms with Crippen LogP contribution in [0.15, 0.2) is 552 Å². The Kier molecular flexibility index (Phi) is 23.3. The number of fused-ring (bicyclic) bond motifs is 9. The summed E-state index contributed by atoms with van der Waals surface area (Å²) >= 11 is 0. The summed E-state index contributed by atoms with van der Waals surface area (Å²) < 4.78 is 0. The maximum Gasteiger partial charge on any atom is 0.164 e. The Balaban J connectivity index is 0.000000114. The molecule has 9 heteroatoms. The van der Waals surface area contributed by atoms with Gasteiger partial charge in [0, 0.05) is 50.1 Å². The maximum atomic E-state index is 5.22. The molecule has 0 unspecified atom stereocenters. The largest absolute Gasteiger partial charge is 0.208 e. The van der Waals surface area contributed by atoms with E-state index in [0.29, 0.717) is 52.4 Å². The minimum absolute atomic E-state index is 0.504. The van der Waals surface area contributed by atoms with E-state index >= 15 is 0 Å². The molecule has 0 N–H and O–H groups in total. The molecule has 0 atom stereocenters. The van der Waals surface area contributed by atoms with Crippen molar-refractivity contribution >= 4 is 32.3 Å². The molecular weight excluding hydrogens is 1770 g/mol. The van der Waals surface area contributed by atoms with E-state index in [0.717, 1.165) is 72.3 Å². The van der Waals surface area contributed by atoms with Crippen LogP contribution in [0.5, 0.6) is 0 Å².